The Morgan fingerprint density at radius 2 is 0.940 bits per heavy atom. The molecular weight excluding hydrogens is 873 g/mol. The molecular formula is C51H53ClFN9O5. The first-order chi connectivity index (χ1) is 32.5. The molecule has 67 heavy (non-hydrogen) atoms. The normalized spacial score (nSPS) is 17.4. The van der Waals surface area contributed by atoms with E-state index in [9.17, 15) is 18.8 Å². The molecule has 3 unspecified atom stereocenters. The Labute approximate surface area is 393 Å². The number of aromatic nitrogens is 6. The fraction of sp³-hybridized carbons (Fsp3) is 0.294. The Hall–Kier alpha value is -7.10. The first-order valence-electron chi connectivity index (χ1n) is 22.3. The third kappa shape index (κ3) is 11.0. The molecule has 6 heterocycles. The molecule has 4 aromatic carbocycles. The minimum atomic E-state index is -0.350. The smallest absolute Gasteiger partial charge is 0.272 e. The second kappa shape index (κ2) is 21.0. The summed E-state index contributed by atoms with van der Waals surface area (Å²) in [5.74, 6) is 0.373. The van der Waals surface area contributed by atoms with Crippen molar-refractivity contribution in [1.29, 1.82) is 0 Å². The highest BCUT2D eigenvalue weighted by Gasteiger charge is 2.33. The number of hydrogen-bond acceptors (Lipinski definition) is 8. The molecule has 3 amide bonds. The zero-order valence-electron chi connectivity index (χ0n) is 37.7. The number of amides is 3. The van der Waals surface area contributed by atoms with Gasteiger partial charge in [0.1, 0.15) is 40.9 Å². The van der Waals surface area contributed by atoms with E-state index in [0.29, 0.717) is 79.4 Å². The van der Waals surface area contributed by atoms with Crippen LogP contribution in [-0.2, 0) is 38.7 Å². The summed E-state index contributed by atoms with van der Waals surface area (Å²) < 4.78 is 24.1. The minimum Gasteiger partial charge on any atom is -0.487 e. The van der Waals surface area contributed by atoms with Crippen LogP contribution in [0, 0.1) is 5.82 Å². The zero-order valence-corrected chi connectivity index (χ0v) is 38.4. The fourth-order valence-corrected chi connectivity index (χ4v) is 8.62. The zero-order chi connectivity index (χ0) is 47.0. The number of carbonyl (C=O) groups is 3. The van der Waals surface area contributed by atoms with E-state index in [-0.39, 0.29) is 54.9 Å². The van der Waals surface area contributed by atoms with Crippen molar-refractivity contribution in [2.75, 3.05) is 19.6 Å². The van der Waals surface area contributed by atoms with Crippen molar-refractivity contribution in [3.63, 3.8) is 0 Å². The van der Waals surface area contributed by atoms with E-state index in [2.05, 4.69) is 22.2 Å². The molecule has 0 radical (unpaired) electrons. The van der Waals surface area contributed by atoms with Gasteiger partial charge in [-0.1, -0.05) is 97.1 Å². The Bertz CT molecular complexity index is 2690. The van der Waals surface area contributed by atoms with Crippen LogP contribution in [0.4, 0.5) is 4.39 Å². The van der Waals surface area contributed by atoms with Gasteiger partial charge in [0.2, 0.25) is 0 Å². The minimum absolute atomic E-state index is 0.0239. The van der Waals surface area contributed by atoms with Gasteiger partial charge in [0, 0.05) is 45.3 Å². The van der Waals surface area contributed by atoms with E-state index < -0.39 is 0 Å². The SMILES string of the molecule is CC1CN(Cc2ccccc2)C(=O)c2cc(CCl)nn21.CC1CN(Cc2ccccc2)C(=O)c2cc(CO)nn21.CC1CN(Cc2ccccc2)C(=O)c2cc(COc3cccc(F)c3)nn21. The van der Waals surface area contributed by atoms with Crippen LogP contribution in [0.1, 0.15) is 104 Å². The standard InChI is InChI=1S/C21H20FN3O2.C15H16ClN3O.C15H17N3O2/c1-15-12-24(13-16-6-3-2-4-7-16)21(26)20-11-18(23-25(15)20)14-27-19-9-5-8-17(22)10-19;1-11-9-18(10-12-5-3-2-4-6-12)15(20)14-7-13(8-16)17-19(11)14;1-11-8-17(9-12-5-3-2-4-6-12)15(20)14-7-13(10-19)16-18(11)14/h2-11,15H,12-14H2,1H3;2-7,11H,8-10H2,1H3;2-7,11,19H,8-10H2,1H3. The molecule has 10 rings (SSSR count). The van der Waals surface area contributed by atoms with E-state index in [1.807, 2.05) is 120 Å². The number of hydrogen-bond donors (Lipinski definition) is 1. The molecule has 16 heteroatoms. The van der Waals surface area contributed by atoms with Crippen molar-refractivity contribution in [1.82, 2.24) is 44.0 Å². The molecule has 7 aromatic rings. The van der Waals surface area contributed by atoms with Crippen molar-refractivity contribution in [3.8, 4) is 5.75 Å². The maximum Gasteiger partial charge on any atom is 0.272 e. The van der Waals surface area contributed by atoms with Gasteiger partial charge in [-0.25, -0.2) is 4.39 Å². The lowest BCUT2D eigenvalue weighted by Gasteiger charge is -2.31. The van der Waals surface area contributed by atoms with Gasteiger partial charge in [0.15, 0.2) is 0 Å². The van der Waals surface area contributed by atoms with E-state index in [1.165, 1.54) is 12.1 Å². The summed E-state index contributed by atoms with van der Waals surface area (Å²) >= 11 is 5.81. The Morgan fingerprint density at radius 3 is 1.34 bits per heavy atom. The number of aliphatic hydroxyl groups excluding tert-OH is 1. The van der Waals surface area contributed by atoms with Crippen molar-refractivity contribution in [2.45, 2.75) is 77.6 Å². The van der Waals surface area contributed by atoms with Gasteiger partial charge in [-0.05, 0) is 67.8 Å². The average Bonchev–Trinajstić information content (AvgIpc) is 4.11. The first-order valence-corrected chi connectivity index (χ1v) is 22.8. The second-order valence-electron chi connectivity index (χ2n) is 17.0. The van der Waals surface area contributed by atoms with E-state index in [0.717, 1.165) is 22.4 Å². The highest BCUT2D eigenvalue weighted by atomic mass is 35.5. The molecule has 3 atom stereocenters. The van der Waals surface area contributed by atoms with Crippen LogP contribution in [0.5, 0.6) is 5.75 Å². The topological polar surface area (TPSA) is 144 Å². The Morgan fingerprint density at radius 1 is 0.552 bits per heavy atom. The van der Waals surface area contributed by atoms with Gasteiger partial charge in [-0.3, -0.25) is 28.4 Å². The number of aliphatic hydroxyl groups is 1. The Kier molecular flexibility index (Phi) is 14.6. The van der Waals surface area contributed by atoms with E-state index >= 15 is 0 Å². The summed E-state index contributed by atoms with van der Waals surface area (Å²) in [7, 11) is 0. The monoisotopic (exact) mass is 925 g/mol. The predicted molar refractivity (Wildman–Crippen MR) is 251 cm³/mol. The molecule has 1 N–H and O–H groups in total. The lowest BCUT2D eigenvalue weighted by molar-refractivity contribution is 0.0644. The number of nitrogens with zero attached hydrogens (tertiary/aromatic N) is 9. The number of ether oxygens (including phenoxy) is 1. The number of halogens is 2. The summed E-state index contributed by atoms with van der Waals surface area (Å²) in [6.07, 6.45) is 0. The highest BCUT2D eigenvalue weighted by molar-refractivity contribution is 6.17. The first kappa shape index (κ1) is 46.4. The van der Waals surface area contributed by atoms with Crippen molar-refractivity contribution in [3.05, 3.63) is 190 Å². The van der Waals surface area contributed by atoms with Gasteiger partial charge in [-0.15, -0.1) is 11.6 Å². The molecule has 0 bridgehead atoms. The van der Waals surface area contributed by atoms with E-state index in [1.54, 1.807) is 44.4 Å². The summed E-state index contributed by atoms with van der Waals surface area (Å²) in [5.41, 5.74) is 7.05. The number of fused-ring (bicyclic) bond motifs is 3. The molecule has 0 aliphatic carbocycles. The summed E-state index contributed by atoms with van der Waals surface area (Å²) in [6.45, 7) is 9.89. The second-order valence-corrected chi connectivity index (χ2v) is 17.3. The van der Waals surface area contributed by atoms with Crippen molar-refractivity contribution < 1.29 is 28.6 Å². The van der Waals surface area contributed by atoms with Crippen LogP contribution in [0.2, 0.25) is 0 Å². The highest BCUT2D eigenvalue weighted by Crippen LogP contribution is 2.27. The maximum atomic E-state index is 13.3. The van der Waals surface area contributed by atoms with Gasteiger partial charge in [0.05, 0.1) is 42.0 Å². The molecule has 0 fully saturated rings. The fourth-order valence-electron chi connectivity index (χ4n) is 8.49. The van der Waals surface area contributed by atoms with Crippen molar-refractivity contribution in [2.24, 2.45) is 0 Å². The van der Waals surface area contributed by atoms with Crippen LogP contribution >= 0.6 is 11.6 Å². The number of carbonyl (C=O) groups excluding carboxylic acids is 3. The largest absolute Gasteiger partial charge is 0.487 e. The van der Waals surface area contributed by atoms with Crippen LogP contribution in [0.15, 0.2) is 133 Å². The number of rotatable bonds is 11. The van der Waals surface area contributed by atoms with Gasteiger partial charge in [0.25, 0.3) is 17.7 Å². The molecule has 0 saturated carbocycles. The summed E-state index contributed by atoms with van der Waals surface area (Å²) in [5, 5.41) is 22.3. The lowest BCUT2D eigenvalue weighted by atomic mass is 10.1. The number of benzene rings is 4. The maximum absolute atomic E-state index is 13.3. The van der Waals surface area contributed by atoms with Gasteiger partial charge in [-0.2, -0.15) is 15.3 Å². The van der Waals surface area contributed by atoms with Gasteiger partial charge >= 0.3 is 0 Å². The Balaban J connectivity index is 0.000000139. The molecule has 0 spiro atoms. The lowest BCUT2D eigenvalue weighted by Crippen LogP contribution is -2.41. The van der Waals surface area contributed by atoms with Crippen LogP contribution in [-0.4, -0.2) is 86.5 Å². The van der Waals surface area contributed by atoms with E-state index in [4.69, 9.17) is 21.4 Å². The quantitative estimate of drug-likeness (QED) is 0.128. The molecule has 3 aromatic heterocycles. The molecule has 3 aliphatic heterocycles. The third-order valence-corrected chi connectivity index (χ3v) is 12.0. The molecule has 3 aliphatic rings. The predicted octanol–water partition coefficient (Wildman–Crippen LogP) is 8.25. The van der Waals surface area contributed by atoms with Crippen LogP contribution in [0.3, 0.4) is 0 Å². The summed E-state index contributed by atoms with van der Waals surface area (Å²) in [6, 6.07) is 41.5. The molecule has 14 nitrogen and oxygen atoms in total. The third-order valence-electron chi connectivity index (χ3n) is 11.7. The summed E-state index contributed by atoms with van der Waals surface area (Å²) in [4.78, 5) is 43.4. The number of alkyl halides is 1. The van der Waals surface area contributed by atoms with Gasteiger partial charge < -0.3 is 24.5 Å². The molecule has 0 saturated heterocycles. The van der Waals surface area contributed by atoms with Crippen LogP contribution in [0.25, 0.3) is 0 Å². The molecule has 346 valence electrons. The van der Waals surface area contributed by atoms with Crippen LogP contribution < -0.4 is 4.74 Å². The van der Waals surface area contributed by atoms with Crippen molar-refractivity contribution >= 4 is 29.3 Å². The average molecular weight is 926 g/mol.